The van der Waals surface area contributed by atoms with Crippen molar-refractivity contribution in [3.05, 3.63) is 54.1 Å². The van der Waals surface area contributed by atoms with Gasteiger partial charge in [0.2, 0.25) is 0 Å². The number of aryl methyl sites for hydroxylation is 1. The Morgan fingerprint density at radius 2 is 1.29 bits per heavy atom. The van der Waals surface area contributed by atoms with E-state index in [1.807, 2.05) is 33.8 Å². The first-order chi connectivity index (χ1) is 10.3. The van der Waals surface area contributed by atoms with Crippen LogP contribution in [0.15, 0.2) is 43.0 Å². The summed E-state index contributed by atoms with van der Waals surface area (Å²) in [6.45, 7) is 18.3. The summed E-state index contributed by atoms with van der Waals surface area (Å²) in [7, 11) is 0. The van der Waals surface area contributed by atoms with Gasteiger partial charge in [-0.05, 0) is 34.4 Å². The van der Waals surface area contributed by atoms with Crippen LogP contribution in [0, 0.1) is 0 Å². The summed E-state index contributed by atoms with van der Waals surface area (Å²) in [6.07, 6.45) is 4.25. The Morgan fingerprint density at radius 1 is 0.857 bits per heavy atom. The first-order valence-corrected chi connectivity index (χ1v) is 8.40. The zero-order chi connectivity index (χ0) is 16.7. The average Bonchev–Trinajstić information content (AvgIpc) is 2.58. The molecule has 0 saturated heterocycles. The van der Waals surface area contributed by atoms with Crippen LogP contribution in [0.25, 0.3) is 16.8 Å². The maximum absolute atomic E-state index is 3.85. The maximum atomic E-state index is 3.85. The van der Waals surface area contributed by atoms with E-state index in [0.717, 1.165) is 6.42 Å². The molecule has 118 valence electrons. The fraction of sp³-hybridized carbons (Fsp3) is 0.429. The Labute approximate surface area is 132 Å². The van der Waals surface area contributed by atoms with Crippen LogP contribution in [-0.4, -0.2) is 0 Å². The number of hydrogen-bond donors (Lipinski definition) is 0. The minimum Gasteiger partial charge on any atom is -0.0985 e. The van der Waals surface area contributed by atoms with Crippen molar-refractivity contribution in [1.29, 1.82) is 0 Å². The summed E-state index contributed by atoms with van der Waals surface area (Å²) < 4.78 is 0. The second-order valence-corrected chi connectivity index (χ2v) is 4.16. The summed E-state index contributed by atoms with van der Waals surface area (Å²) in [5.74, 6) is 0. The molecule has 2 rings (SSSR count). The zero-order valence-corrected chi connectivity index (χ0v) is 15.2. The van der Waals surface area contributed by atoms with E-state index in [0.29, 0.717) is 0 Å². The van der Waals surface area contributed by atoms with E-state index < -0.39 is 0 Å². The van der Waals surface area contributed by atoms with Gasteiger partial charge in [0, 0.05) is 0 Å². The van der Waals surface area contributed by atoms with Crippen LogP contribution in [0.4, 0.5) is 0 Å². The molecule has 21 heavy (non-hydrogen) atoms. The molecule has 0 spiro atoms. The van der Waals surface area contributed by atoms with E-state index >= 15 is 0 Å². The Kier molecular flexibility index (Phi) is 15.4. The van der Waals surface area contributed by atoms with Crippen molar-refractivity contribution in [2.24, 2.45) is 0 Å². The van der Waals surface area contributed by atoms with Crippen LogP contribution in [0.1, 0.15) is 66.0 Å². The molecule has 0 aromatic heterocycles. The molecule has 0 saturated carbocycles. The minimum absolute atomic E-state index is 1.06. The molecule has 2 aromatic carbocycles. The van der Waals surface area contributed by atoms with Crippen molar-refractivity contribution in [3.63, 3.8) is 0 Å². The molecule has 0 heterocycles. The third-order valence-corrected chi connectivity index (χ3v) is 2.61. The predicted octanol–water partition coefficient (Wildman–Crippen LogP) is 7.51. The van der Waals surface area contributed by atoms with Gasteiger partial charge >= 0.3 is 0 Å². The Morgan fingerprint density at radius 3 is 1.67 bits per heavy atom. The first-order valence-electron chi connectivity index (χ1n) is 8.40. The topological polar surface area (TPSA) is 0 Å². The number of hydrogen-bond acceptors (Lipinski definition) is 0. The SMILES string of the molecule is C=Cc1cc2ccccc2cc1CC.CC.CC.CCC. The molecule has 0 fully saturated rings. The van der Waals surface area contributed by atoms with Gasteiger partial charge in [0.1, 0.15) is 0 Å². The Bertz CT molecular complexity index is 480. The van der Waals surface area contributed by atoms with Gasteiger partial charge in [0.25, 0.3) is 0 Å². The van der Waals surface area contributed by atoms with Gasteiger partial charge in [-0.2, -0.15) is 0 Å². The smallest absolute Gasteiger partial charge is 0.0178 e. The van der Waals surface area contributed by atoms with E-state index in [1.54, 1.807) is 0 Å². The van der Waals surface area contributed by atoms with E-state index in [4.69, 9.17) is 0 Å². The number of fused-ring (bicyclic) bond motifs is 1. The largest absolute Gasteiger partial charge is 0.0985 e. The molecular formula is C21H34. The van der Waals surface area contributed by atoms with Crippen molar-refractivity contribution in [2.75, 3.05) is 0 Å². The lowest BCUT2D eigenvalue weighted by Crippen LogP contribution is -1.86. The van der Waals surface area contributed by atoms with E-state index in [-0.39, 0.29) is 0 Å². The zero-order valence-electron chi connectivity index (χ0n) is 15.2. The van der Waals surface area contributed by atoms with E-state index in [1.165, 1.54) is 28.3 Å². The second kappa shape index (κ2) is 14.8. The third-order valence-electron chi connectivity index (χ3n) is 2.61. The molecule has 0 radical (unpaired) electrons. The number of rotatable bonds is 2. The van der Waals surface area contributed by atoms with Crippen LogP contribution in [0.3, 0.4) is 0 Å². The van der Waals surface area contributed by atoms with Crippen molar-refractivity contribution < 1.29 is 0 Å². The quantitative estimate of drug-likeness (QED) is 0.535. The highest BCUT2D eigenvalue weighted by atomic mass is 14.0. The van der Waals surface area contributed by atoms with Crippen LogP contribution in [0.5, 0.6) is 0 Å². The highest BCUT2D eigenvalue weighted by Gasteiger charge is 1.99. The molecule has 0 amide bonds. The van der Waals surface area contributed by atoms with Gasteiger partial charge in [-0.15, -0.1) is 0 Å². The van der Waals surface area contributed by atoms with Gasteiger partial charge < -0.3 is 0 Å². The monoisotopic (exact) mass is 286 g/mol. The van der Waals surface area contributed by atoms with Gasteiger partial charge in [0.15, 0.2) is 0 Å². The molecule has 0 nitrogen and oxygen atoms in total. The Hall–Kier alpha value is -1.56. The number of benzene rings is 2. The van der Waals surface area contributed by atoms with Crippen molar-refractivity contribution in [3.8, 4) is 0 Å². The highest BCUT2D eigenvalue weighted by Crippen LogP contribution is 2.21. The molecule has 0 aliphatic carbocycles. The lowest BCUT2D eigenvalue weighted by Gasteiger charge is -2.05. The predicted molar refractivity (Wildman–Crippen MR) is 102 cm³/mol. The normalized spacial score (nSPS) is 8.33. The second-order valence-electron chi connectivity index (χ2n) is 4.16. The Balaban J connectivity index is 0. The summed E-state index contributed by atoms with van der Waals surface area (Å²) in [5, 5.41) is 2.61. The van der Waals surface area contributed by atoms with Crippen LogP contribution in [0.2, 0.25) is 0 Å². The average molecular weight is 287 g/mol. The molecule has 0 heteroatoms. The molecule has 0 aliphatic rings. The summed E-state index contributed by atoms with van der Waals surface area (Å²) >= 11 is 0. The van der Waals surface area contributed by atoms with E-state index in [9.17, 15) is 0 Å². The minimum atomic E-state index is 1.06. The summed E-state index contributed by atoms with van der Waals surface area (Å²) in [6, 6.07) is 12.9. The van der Waals surface area contributed by atoms with E-state index in [2.05, 4.69) is 63.7 Å². The molecule has 0 bridgehead atoms. The van der Waals surface area contributed by atoms with Crippen molar-refractivity contribution in [2.45, 2.75) is 61.3 Å². The van der Waals surface area contributed by atoms with Crippen molar-refractivity contribution >= 4 is 16.8 Å². The summed E-state index contributed by atoms with van der Waals surface area (Å²) in [5.41, 5.74) is 2.63. The first kappa shape index (κ1) is 21.7. The lowest BCUT2D eigenvalue weighted by atomic mass is 9.99. The molecular weight excluding hydrogens is 252 g/mol. The molecule has 0 aliphatic heterocycles. The fourth-order valence-electron chi connectivity index (χ4n) is 1.80. The molecule has 0 atom stereocenters. The maximum Gasteiger partial charge on any atom is -0.0178 e. The van der Waals surface area contributed by atoms with Crippen LogP contribution >= 0.6 is 0 Å². The van der Waals surface area contributed by atoms with Gasteiger partial charge in [-0.3, -0.25) is 0 Å². The standard InChI is InChI=1S/C14H14.C3H8.2C2H6/c1-3-11-9-13-7-5-6-8-14(13)10-12(11)4-2;1-3-2;2*1-2/h3,5-10H,1,4H2,2H3;3H2,1-2H3;2*1-2H3. The molecule has 2 aromatic rings. The highest BCUT2D eigenvalue weighted by molar-refractivity contribution is 5.85. The third kappa shape index (κ3) is 7.70. The van der Waals surface area contributed by atoms with Gasteiger partial charge in [0.05, 0.1) is 0 Å². The fourth-order valence-corrected chi connectivity index (χ4v) is 1.80. The molecule has 0 N–H and O–H groups in total. The van der Waals surface area contributed by atoms with Crippen LogP contribution < -0.4 is 0 Å². The lowest BCUT2D eigenvalue weighted by molar-refractivity contribution is 1.09. The molecule has 0 unspecified atom stereocenters. The van der Waals surface area contributed by atoms with Crippen LogP contribution in [-0.2, 0) is 6.42 Å². The summed E-state index contributed by atoms with van der Waals surface area (Å²) in [4.78, 5) is 0. The van der Waals surface area contributed by atoms with Gasteiger partial charge in [-0.25, -0.2) is 0 Å². The van der Waals surface area contributed by atoms with Gasteiger partial charge in [-0.1, -0.05) is 97.9 Å². The van der Waals surface area contributed by atoms with Crippen molar-refractivity contribution in [1.82, 2.24) is 0 Å².